The number of carbonyl (C=O) groups excluding carboxylic acids is 1. The zero-order chi connectivity index (χ0) is 15.4. The first-order valence-corrected chi connectivity index (χ1v) is 7.44. The fourth-order valence-electron chi connectivity index (χ4n) is 2.03. The predicted molar refractivity (Wildman–Crippen MR) is 87.0 cm³/mol. The van der Waals surface area contributed by atoms with Gasteiger partial charge in [0.15, 0.2) is 5.13 Å². The number of hydrogen-bond acceptors (Lipinski definition) is 4. The van der Waals surface area contributed by atoms with Crippen LogP contribution in [0.2, 0.25) is 0 Å². The molecule has 2 rings (SSSR count). The number of nitrogens with zero attached hydrogens (tertiary/aromatic N) is 1. The van der Waals surface area contributed by atoms with E-state index in [2.05, 4.69) is 10.3 Å². The standard InChI is InChI=1S/C16H18N2O2S/c1-10-7-13(20-4)8-11(2)14(10)5-6-15(19)18-16-17-12(3)9-21-16/h5-9H,1-4H3,(H,17,18,19)/b6-5+. The SMILES string of the molecule is COc1cc(C)c(/C=C/C(=O)Nc2nc(C)cs2)c(C)c1. The maximum absolute atomic E-state index is 11.9. The number of thiazole rings is 1. The largest absolute Gasteiger partial charge is 0.497 e. The second-order valence-electron chi connectivity index (χ2n) is 4.79. The zero-order valence-corrected chi connectivity index (χ0v) is 13.4. The summed E-state index contributed by atoms with van der Waals surface area (Å²) in [4.78, 5) is 16.1. The number of benzene rings is 1. The first-order valence-electron chi connectivity index (χ1n) is 6.56. The van der Waals surface area contributed by atoms with Crippen molar-refractivity contribution in [1.82, 2.24) is 4.98 Å². The van der Waals surface area contributed by atoms with E-state index in [0.717, 1.165) is 28.1 Å². The minimum atomic E-state index is -0.182. The van der Waals surface area contributed by atoms with Crippen LogP contribution in [0.15, 0.2) is 23.6 Å². The van der Waals surface area contributed by atoms with Crippen molar-refractivity contribution in [3.8, 4) is 5.75 Å². The van der Waals surface area contributed by atoms with E-state index in [1.165, 1.54) is 17.4 Å². The summed E-state index contributed by atoms with van der Waals surface area (Å²) in [5.74, 6) is 0.642. The number of aromatic nitrogens is 1. The number of anilines is 1. The molecule has 0 unspecified atom stereocenters. The molecule has 1 N–H and O–H groups in total. The van der Waals surface area contributed by atoms with Gasteiger partial charge in [0.2, 0.25) is 5.91 Å². The highest BCUT2D eigenvalue weighted by molar-refractivity contribution is 7.13. The van der Waals surface area contributed by atoms with Crippen molar-refractivity contribution >= 4 is 28.5 Å². The highest BCUT2D eigenvalue weighted by Crippen LogP contribution is 2.23. The monoisotopic (exact) mass is 302 g/mol. The molecule has 0 fully saturated rings. The van der Waals surface area contributed by atoms with Crippen molar-refractivity contribution in [3.05, 3.63) is 46.0 Å². The number of ether oxygens (including phenoxy) is 1. The van der Waals surface area contributed by atoms with Crippen molar-refractivity contribution in [2.45, 2.75) is 20.8 Å². The lowest BCUT2D eigenvalue weighted by Gasteiger charge is -2.08. The molecule has 2 aromatic rings. The van der Waals surface area contributed by atoms with Gasteiger partial charge in [0, 0.05) is 11.5 Å². The van der Waals surface area contributed by atoms with E-state index in [1.54, 1.807) is 7.11 Å². The minimum Gasteiger partial charge on any atom is -0.497 e. The Labute approximate surface area is 128 Å². The number of methoxy groups -OCH3 is 1. The van der Waals surface area contributed by atoms with Gasteiger partial charge in [0.1, 0.15) is 5.75 Å². The molecule has 21 heavy (non-hydrogen) atoms. The Kier molecular flexibility index (Phi) is 4.75. The van der Waals surface area contributed by atoms with E-state index in [0.29, 0.717) is 5.13 Å². The third kappa shape index (κ3) is 3.92. The lowest BCUT2D eigenvalue weighted by atomic mass is 10.0. The zero-order valence-electron chi connectivity index (χ0n) is 12.6. The summed E-state index contributed by atoms with van der Waals surface area (Å²) in [5, 5.41) is 5.27. The fraction of sp³-hybridized carbons (Fsp3) is 0.250. The van der Waals surface area contributed by atoms with Gasteiger partial charge in [-0.2, -0.15) is 0 Å². The fourth-order valence-corrected chi connectivity index (χ4v) is 2.72. The van der Waals surface area contributed by atoms with E-state index in [4.69, 9.17) is 4.74 Å². The van der Waals surface area contributed by atoms with E-state index in [-0.39, 0.29) is 5.91 Å². The van der Waals surface area contributed by atoms with Crippen molar-refractivity contribution in [2.24, 2.45) is 0 Å². The molecule has 0 atom stereocenters. The Morgan fingerprint density at radius 2 is 1.95 bits per heavy atom. The molecule has 1 aromatic heterocycles. The van der Waals surface area contributed by atoms with Gasteiger partial charge >= 0.3 is 0 Å². The number of nitrogens with one attached hydrogen (secondary N) is 1. The van der Waals surface area contributed by atoms with E-state index in [9.17, 15) is 4.79 Å². The first-order chi connectivity index (χ1) is 9.99. The molecule has 0 saturated heterocycles. The summed E-state index contributed by atoms with van der Waals surface area (Å²) in [6.07, 6.45) is 3.35. The van der Waals surface area contributed by atoms with Gasteiger partial charge in [-0.05, 0) is 55.7 Å². The van der Waals surface area contributed by atoms with Crippen LogP contribution in [0.4, 0.5) is 5.13 Å². The van der Waals surface area contributed by atoms with E-state index in [1.807, 2.05) is 44.4 Å². The van der Waals surface area contributed by atoms with E-state index < -0.39 is 0 Å². The molecule has 0 spiro atoms. The Hall–Kier alpha value is -2.14. The van der Waals surface area contributed by atoms with Gasteiger partial charge < -0.3 is 4.74 Å². The van der Waals surface area contributed by atoms with Crippen LogP contribution in [-0.4, -0.2) is 18.0 Å². The predicted octanol–water partition coefficient (Wildman–Crippen LogP) is 3.73. The molecule has 0 radical (unpaired) electrons. The van der Waals surface area contributed by atoms with Crippen LogP contribution < -0.4 is 10.1 Å². The smallest absolute Gasteiger partial charge is 0.250 e. The number of hydrogen-bond donors (Lipinski definition) is 1. The van der Waals surface area contributed by atoms with Gasteiger partial charge in [-0.1, -0.05) is 0 Å². The lowest BCUT2D eigenvalue weighted by Crippen LogP contribution is -2.07. The average Bonchev–Trinajstić information content (AvgIpc) is 2.82. The third-order valence-corrected chi connectivity index (χ3v) is 3.93. The first kappa shape index (κ1) is 15.3. The molecule has 1 aromatic carbocycles. The van der Waals surface area contributed by atoms with Crippen LogP contribution in [0, 0.1) is 20.8 Å². The Balaban J connectivity index is 2.12. The summed E-state index contributed by atoms with van der Waals surface area (Å²) in [7, 11) is 1.65. The second kappa shape index (κ2) is 6.54. The highest BCUT2D eigenvalue weighted by atomic mass is 32.1. The quantitative estimate of drug-likeness (QED) is 0.876. The van der Waals surface area contributed by atoms with Crippen LogP contribution in [0.25, 0.3) is 6.08 Å². The van der Waals surface area contributed by atoms with Gasteiger partial charge in [0.25, 0.3) is 0 Å². The molecule has 0 bridgehead atoms. The van der Waals surface area contributed by atoms with Crippen molar-refractivity contribution < 1.29 is 9.53 Å². The number of aryl methyl sites for hydroxylation is 3. The maximum atomic E-state index is 11.9. The van der Waals surface area contributed by atoms with Crippen molar-refractivity contribution in [3.63, 3.8) is 0 Å². The molecule has 0 aliphatic heterocycles. The van der Waals surface area contributed by atoms with Gasteiger partial charge in [-0.15, -0.1) is 11.3 Å². The maximum Gasteiger partial charge on any atom is 0.250 e. The van der Waals surface area contributed by atoms with Gasteiger partial charge in [-0.3, -0.25) is 10.1 Å². The lowest BCUT2D eigenvalue weighted by molar-refractivity contribution is -0.111. The Morgan fingerprint density at radius 1 is 1.29 bits per heavy atom. The van der Waals surface area contributed by atoms with Crippen molar-refractivity contribution in [1.29, 1.82) is 0 Å². The number of carbonyl (C=O) groups is 1. The molecular weight excluding hydrogens is 284 g/mol. The average molecular weight is 302 g/mol. The summed E-state index contributed by atoms with van der Waals surface area (Å²) < 4.78 is 5.23. The summed E-state index contributed by atoms with van der Waals surface area (Å²) in [6, 6.07) is 3.91. The summed E-state index contributed by atoms with van der Waals surface area (Å²) in [6.45, 7) is 5.89. The Bertz CT molecular complexity index is 666. The molecule has 4 nitrogen and oxygen atoms in total. The topological polar surface area (TPSA) is 51.2 Å². The third-order valence-electron chi connectivity index (χ3n) is 3.05. The van der Waals surface area contributed by atoms with Crippen LogP contribution in [0.3, 0.4) is 0 Å². The number of rotatable bonds is 4. The summed E-state index contributed by atoms with van der Waals surface area (Å²) >= 11 is 1.42. The minimum absolute atomic E-state index is 0.182. The molecule has 0 aliphatic carbocycles. The summed E-state index contributed by atoms with van der Waals surface area (Å²) in [5.41, 5.74) is 4.07. The Morgan fingerprint density at radius 3 is 2.48 bits per heavy atom. The van der Waals surface area contributed by atoms with E-state index >= 15 is 0 Å². The van der Waals surface area contributed by atoms with Crippen molar-refractivity contribution in [2.75, 3.05) is 12.4 Å². The van der Waals surface area contributed by atoms with Crippen LogP contribution >= 0.6 is 11.3 Å². The normalized spacial score (nSPS) is 10.9. The molecule has 5 heteroatoms. The number of amides is 1. The van der Waals surface area contributed by atoms with Gasteiger partial charge in [-0.25, -0.2) is 4.98 Å². The van der Waals surface area contributed by atoms with Crippen LogP contribution in [-0.2, 0) is 4.79 Å². The molecular formula is C16H18N2O2S. The second-order valence-corrected chi connectivity index (χ2v) is 5.65. The molecule has 1 amide bonds. The molecule has 0 saturated carbocycles. The molecule has 1 heterocycles. The molecule has 110 valence electrons. The van der Waals surface area contributed by atoms with Crippen LogP contribution in [0.5, 0.6) is 5.75 Å². The highest BCUT2D eigenvalue weighted by Gasteiger charge is 2.05. The molecule has 0 aliphatic rings. The van der Waals surface area contributed by atoms with Gasteiger partial charge in [0.05, 0.1) is 12.8 Å². The van der Waals surface area contributed by atoms with Crippen LogP contribution in [0.1, 0.15) is 22.4 Å².